The second kappa shape index (κ2) is 6.98. The molecule has 4 aromatic rings. The van der Waals surface area contributed by atoms with E-state index in [2.05, 4.69) is 30.6 Å². The Morgan fingerprint density at radius 2 is 2.04 bits per heavy atom. The monoisotopic (exact) mass is 345 g/mol. The Bertz CT molecular complexity index is 1060. The normalized spacial score (nSPS) is 11.1. The van der Waals surface area contributed by atoms with Gasteiger partial charge in [0.25, 0.3) is 0 Å². The lowest BCUT2D eigenvalue weighted by atomic mass is 10.3. The number of fused-ring (bicyclic) bond motifs is 1. The molecule has 0 aliphatic carbocycles. The fraction of sp³-hybridized carbons (Fsp3) is 0.0556. The Hall–Kier alpha value is -3.81. The summed E-state index contributed by atoms with van der Waals surface area (Å²) in [6.45, 7) is 0. The number of pyridine rings is 1. The molecular weight excluding hydrogens is 330 g/mol. The highest BCUT2D eigenvalue weighted by Gasteiger charge is 2.11. The topological polar surface area (TPSA) is 90.1 Å². The number of aromatic nitrogens is 5. The highest BCUT2D eigenvalue weighted by molar-refractivity contribution is 5.88. The van der Waals surface area contributed by atoms with Gasteiger partial charge in [-0.15, -0.1) is 0 Å². The summed E-state index contributed by atoms with van der Waals surface area (Å²) in [6, 6.07) is 11.3. The van der Waals surface area contributed by atoms with Crippen molar-refractivity contribution in [1.82, 2.24) is 24.7 Å². The maximum atomic E-state index is 5.27. The first kappa shape index (κ1) is 15.7. The molecule has 0 fully saturated rings. The average molecular weight is 345 g/mol. The van der Waals surface area contributed by atoms with Crippen LogP contribution in [0.15, 0.2) is 66.4 Å². The van der Waals surface area contributed by atoms with E-state index in [0.717, 1.165) is 22.4 Å². The summed E-state index contributed by atoms with van der Waals surface area (Å²) in [5.41, 5.74) is 5.41. The van der Waals surface area contributed by atoms with E-state index in [1.54, 1.807) is 36.6 Å². The minimum absolute atomic E-state index is 0.578. The van der Waals surface area contributed by atoms with Crippen LogP contribution < -0.4 is 10.2 Å². The highest BCUT2D eigenvalue weighted by Crippen LogP contribution is 2.23. The van der Waals surface area contributed by atoms with E-state index >= 15 is 0 Å². The molecule has 0 aliphatic heterocycles. The Kier molecular flexibility index (Phi) is 4.21. The first-order valence-electron chi connectivity index (χ1n) is 7.87. The molecule has 0 spiro atoms. The van der Waals surface area contributed by atoms with Gasteiger partial charge in [-0.05, 0) is 29.8 Å². The number of hydrogen-bond donors (Lipinski definition) is 1. The number of hydrogen-bond acceptors (Lipinski definition) is 7. The molecule has 8 nitrogen and oxygen atoms in total. The van der Waals surface area contributed by atoms with Crippen molar-refractivity contribution in [1.29, 1.82) is 0 Å². The molecule has 0 atom stereocenters. The molecule has 26 heavy (non-hydrogen) atoms. The summed E-state index contributed by atoms with van der Waals surface area (Å²) in [4.78, 5) is 12.6. The summed E-state index contributed by atoms with van der Waals surface area (Å²) in [7, 11) is 1.63. The molecule has 4 rings (SSSR count). The molecule has 0 aliphatic rings. The predicted octanol–water partition coefficient (Wildman–Crippen LogP) is 2.67. The van der Waals surface area contributed by atoms with Gasteiger partial charge >= 0.3 is 0 Å². The average Bonchev–Trinajstić information content (AvgIpc) is 3.14. The van der Waals surface area contributed by atoms with Crippen molar-refractivity contribution in [3.63, 3.8) is 0 Å². The van der Waals surface area contributed by atoms with E-state index in [1.165, 1.54) is 6.33 Å². The zero-order valence-corrected chi connectivity index (χ0v) is 13.9. The van der Waals surface area contributed by atoms with Crippen molar-refractivity contribution >= 4 is 23.1 Å². The number of rotatable bonds is 5. The second-order valence-corrected chi connectivity index (χ2v) is 5.37. The van der Waals surface area contributed by atoms with Gasteiger partial charge in [0.05, 0.1) is 30.6 Å². The maximum absolute atomic E-state index is 5.27. The van der Waals surface area contributed by atoms with Gasteiger partial charge in [-0.1, -0.05) is 6.07 Å². The van der Waals surface area contributed by atoms with Crippen LogP contribution in [0.4, 0.5) is 5.82 Å². The van der Waals surface area contributed by atoms with Gasteiger partial charge in [0.2, 0.25) is 0 Å². The quantitative estimate of drug-likeness (QED) is 0.442. The zero-order valence-electron chi connectivity index (χ0n) is 13.9. The van der Waals surface area contributed by atoms with E-state index in [4.69, 9.17) is 4.74 Å². The maximum Gasteiger partial charge on any atom is 0.168 e. The van der Waals surface area contributed by atoms with Crippen LogP contribution >= 0.6 is 0 Å². The molecular formula is C18H15N7O. The summed E-state index contributed by atoms with van der Waals surface area (Å²) in [5.74, 6) is 1.33. The van der Waals surface area contributed by atoms with Crippen molar-refractivity contribution in [2.24, 2.45) is 5.10 Å². The van der Waals surface area contributed by atoms with Crippen LogP contribution in [0.1, 0.15) is 5.56 Å². The number of anilines is 1. The van der Waals surface area contributed by atoms with Crippen molar-refractivity contribution < 1.29 is 4.74 Å². The number of ether oxygens (including phenoxy) is 1. The molecule has 0 saturated heterocycles. The molecule has 128 valence electrons. The number of nitrogens with one attached hydrogen (secondary N) is 1. The Morgan fingerprint density at radius 1 is 1.15 bits per heavy atom. The van der Waals surface area contributed by atoms with Crippen LogP contribution in [0.25, 0.3) is 16.7 Å². The van der Waals surface area contributed by atoms with Crippen LogP contribution in [0.2, 0.25) is 0 Å². The molecule has 0 unspecified atom stereocenters. The van der Waals surface area contributed by atoms with Crippen LogP contribution in [0.3, 0.4) is 0 Å². The SMILES string of the molecule is COc1cccc(-n2ncc3c(N/N=C\c4ccncc4)ncnc32)c1. The van der Waals surface area contributed by atoms with Crippen LogP contribution in [-0.4, -0.2) is 38.1 Å². The van der Waals surface area contributed by atoms with Gasteiger partial charge < -0.3 is 4.74 Å². The first-order chi connectivity index (χ1) is 12.8. The van der Waals surface area contributed by atoms with E-state index in [0.29, 0.717) is 11.5 Å². The number of methoxy groups -OCH3 is 1. The summed E-state index contributed by atoms with van der Waals surface area (Å²) in [5, 5.41) is 9.41. The van der Waals surface area contributed by atoms with Crippen LogP contribution in [-0.2, 0) is 0 Å². The van der Waals surface area contributed by atoms with E-state index < -0.39 is 0 Å². The molecule has 0 amide bonds. The van der Waals surface area contributed by atoms with E-state index in [9.17, 15) is 0 Å². The highest BCUT2D eigenvalue weighted by atomic mass is 16.5. The summed E-state index contributed by atoms with van der Waals surface area (Å²) >= 11 is 0. The smallest absolute Gasteiger partial charge is 0.168 e. The fourth-order valence-electron chi connectivity index (χ4n) is 2.48. The lowest BCUT2D eigenvalue weighted by molar-refractivity contribution is 0.414. The number of hydrazone groups is 1. The van der Waals surface area contributed by atoms with Gasteiger partial charge in [-0.3, -0.25) is 10.4 Å². The minimum atomic E-state index is 0.578. The minimum Gasteiger partial charge on any atom is -0.497 e. The zero-order chi connectivity index (χ0) is 17.8. The molecule has 0 radical (unpaired) electrons. The largest absolute Gasteiger partial charge is 0.497 e. The Balaban J connectivity index is 1.66. The summed E-state index contributed by atoms with van der Waals surface area (Å²) < 4.78 is 7.01. The molecule has 3 heterocycles. The second-order valence-electron chi connectivity index (χ2n) is 5.37. The lowest BCUT2D eigenvalue weighted by Crippen LogP contribution is -2.00. The molecule has 3 aromatic heterocycles. The van der Waals surface area contributed by atoms with Gasteiger partial charge in [0.15, 0.2) is 11.5 Å². The molecule has 0 saturated carbocycles. The van der Waals surface area contributed by atoms with Crippen molar-refractivity contribution in [3.05, 3.63) is 66.9 Å². The lowest BCUT2D eigenvalue weighted by Gasteiger charge is -2.06. The van der Waals surface area contributed by atoms with Crippen molar-refractivity contribution in [2.75, 3.05) is 12.5 Å². The Labute approximate surface area is 149 Å². The third-order valence-corrected chi connectivity index (χ3v) is 3.75. The van der Waals surface area contributed by atoms with Gasteiger partial charge in [-0.25, -0.2) is 14.6 Å². The third-order valence-electron chi connectivity index (χ3n) is 3.75. The molecule has 1 aromatic carbocycles. The predicted molar refractivity (Wildman–Crippen MR) is 98.7 cm³/mol. The van der Waals surface area contributed by atoms with Gasteiger partial charge in [0.1, 0.15) is 12.1 Å². The molecule has 1 N–H and O–H groups in total. The standard InChI is InChI=1S/C18H15N7O/c1-26-15-4-2-3-14(9-15)25-18-16(11-23-25)17(20-12-21-18)24-22-10-13-5-7-19-8-6-13/h2-12H,1H3,(H,20,21,24)/b22-10-. The van der Waals surface area contributed by atoms with Gasteiger partial charge in [-0.2, -0.15) is 10.2 Å². The third kappa shape index (κ3) is 3.07. The number of nitrogens with zero attached hydrogens (tertiary/aromatic N) is 6. The van der Waals surface area contributed by atoms with Crippen LogP contribution in [0.5, 0.6) is 5.75 Å². The number of benzene rings is 1. The van der Waals surface area contributed by atoms with Gasteiger partial charge in [0, 0.05) is 18.5 Å². The van der Waals surface area contributed by atoms with Crippen molar-refractivity contribution in [2.45, 2.75) is 0 Å². The van der Waals surface area contributed by atoms with Crippen molar-refractivity contribution in [3.8, 4) is 11.4 Å². The fourth-order valence-corrected chi connectivity index (χ4v) is 2.48. The molecule has 8 heteroatoms. The van der Waals surface area contributed by atoms with E-state index in [1.807, 2.05) is 36.4 Å². The first-order valence-corrected chi connectivity index (χ1v) is 7.87. The molecule has 0 bridgehead atoms. The van der Waals surface area contributed by atoms with Crippen LogP contribution in [0, 0.1) is 0 Å². The van der Waals surface area contributed by atoms with E-state index in [-0.39, 0.29) is 0 Å². The summed E-state index contributed by atoms with van der Waals surface area (Å²) in [6.07, 6.45) is 8.30. The Morgan fingerprint density at radius 3 is 2.88 bits per heavy atom.